The standard InChI is InChI=1S/C17H20N2O2/c1-11-8-9-21-17(11)16(18-2)13-6-7-14-12(10-13)4-3-5-15(20)19-14/h6-10,16,18H,3-5H2,1-2H3,(H,19,20). The molecule has 2 heterocycles. The average molecular weight is 284 g/mol. The minimum Gasteiger partial charge on any atom is -0.467 e. The molecule has 0 fully saturated rings. The summed E-state index contributed by atoms with van der Waals surface area (Å²) in [5.41, 5.74) is 4.43. The highest BCUT2D eigenvalue weighted by Gasteiger charge is 2.20. The van der Waals surface area contributed by atoms with E-state index >= 15 is 0 Å². The lowest BCUT2D eigenvalue weighted by Gasteiger charge is -2.17. The molecule has 0 saturated heterocycles. The van der Waals surface area contributed by atoms with E-state index in [4.69, 9.17) is 4.42 Å². The second-order valence-corrected chi connectivity index (χ2v) is 5.51. The van der Waals surface area contributed by atoms with Gasteiger partial charge in [0.15, 0.2) is 0 Å². The number of fused-ring (bicyclic) bond motifs is 1. The Labute approximate surface area is 124 Å². The minimum absolute atomic E-state index is 0.0317. The molecular weight excluding hydrogens is 264 g/mol. The first-order valence-corrected chi connectivity index (χ1v) is 7.33. The van der Waals surface area contributed by atoms with Gasteiger partial charge in [0.1, 0.15) is 5.76 Å². The number of furan rings is 1. The van der Waals surface area contributed by atoms with Crippen LogP contribution in [0.1, 0.15) is 41.3 Å². The molecule has 1 atom stereocenters. The van der Waals surface area contributed by atoms with Crippen LogP contribution in [-0.2, 0) is 11.2 Å². The molecule has 1 aromatic heterocycles. The molecule has 2 N–H and O–H groups in total. The van der Waals surface area contributed by atoms with Gasteiger partial charge in [-0.15, -0.1) is 0 Å². The van der Waals surface area contributed by atoms with Gasteiger partial charge in [0.05, 0.1) is 12.3 Å². The van der Waals surface area contributed by atoms with Gasteiger partial charge >= 0.3 is 0 Å². The second-order valence-electron chi connectivity index (χ2n) is 5.51. The fourth-order valence-electron chi connectivity index (χ4n) is 2.90. The van der Waals surface area contributed by atoms with Gasteiger partial charge < -0.3 is 15.1 Å². The monoisotopic (exact) mass is 284 g/mol. The van der Waals surface area contributed by atoms with Crippen LogP contribution in [0.25, 0.3) is 0 Å². The van der Waals surface area contributed by atoms with Crippen molar-refractivity contribution in [3.63, 3.8) is 0 Å². The normalized spacial score (nSPS) is 16.0. The van der Waals surface area contributed by atoms with E-state index in [2.05, 4.69) is 16.7 Å². The minimum atomic E-state index is 0.0317. The van der Waals surface area contributed by atoms with Crippen LogP contribution in [-0.4, -0.2) is 13.0 Å². The molecule has 110 valence electrons. The number of carbonyl (C=O) groups is 1. The number of hydrogen-bond donors (Lipinski definition) is 2. The summed E-state index contributed by atoms with van der Waals surface area (Å²) in [7, 11) is 1.93. The zero-order chi connectivity index (χ0) is 14.8. The van der Waals surface area contributed by atoms with Crippen molar-refractivity contribution in [2.24, 2.45) is 0 Å². The van der Waals surface area contributed by atoms with E-state index in [9.17, 15) is 4.79 Å². The highest BCUT2D eigenvalue weighted by molar-refractivity contribution is 5.92. The number of benzene rings is 1. The van der Waals surface area contributed by atoms with Gasteiger partial charge in [-0.3, -0.25) is 4.79 Å². The maximum atomic E-state index is 11.6. The Hall–Kier alpha value is -2.07. The van der Waals surface area contributed by atoms with E-state index in [1.807, 2.05) is 32.2 Å². The Morgan fingerprint density at radius 3 is 2.86 bits per heavy atom. The lowest BCUT2D eigenvalue weighted by Crippen LogP contribution is -2.18. The van der Waals surface area contributed by atoms with Gasteiger partial charge in [0, 0.05) is 12.1 Å². The van der Waals surface area contributed by atoms with Crippen molar-refractivity contribution in [2.75, 3.05) is 12.4 Å². The first-order chi connectivity index (χ1) is 10.2. The molecule has 1 unspecified atom stereocenters. The van der Waals surface area contributed by atoms with Crippen LogP contribution >= 0.6 is 0 Å². The van der Waals surface area contributed by atoms with Gasteiger partial charge in [-0.25, -0.2) is 0 Å². The van der Waals surface area contributed by atoms with E-state index in [1.165, 1.54) is 5.56 Å². The molecule has 3 rings (SSSR count). The Morgan fingerprint density at radius 1 is 1.29 bits per heavy atom. The highest BCUT2D eigenvalue weighted by atomic mass is 16.3. The summed E-state index contributed by atoms with van der Waals surface area (Å²) in [5, 5.41) is 6.28. The number of anilines is 1. The summed E-state index contributed by atoms with van der Waals surface area (Å²) in [6.07, 6.45) is 4.14. The van der Waals surface area contributed by atoms with E-state index < -0.39 is 0 Å². The van der Waals surface area contributed by atoms with Crippen LogP contribution in [0.5, 0.6) is 0 Å². The molecular formula is C17H20N2O2. The summed E-state index contributed by atoms with van der Waals surface area (Å²) in [6.45, 7) is 2.05. The molecule has 2 aromatic rings. The predicted octanol–water partition coefficient (Wildman–Crippen LogP) is 3.17. The quantitative estimate of drug-likeness (QED) is 0.910. The number of rotatable bonds is 3. The van der Waals surface area contributed by atoms with Gasteiger partial charge in [-0.1, -0.05) is 12.1 Å². The average Bonchev–Trinajstić information content (AvgIpc) is 2.79. The van der Waals surface area contributed by atoms with Crippen LogP contribution in [0.4, 0.5) is 5.69 Å². The first kappa shape index (κ1) is 13.9. The van der Waals surface area contributed by atoms with E-state index in [0.717, 1.165) is 35.4 Å². The molecule has 0 radical (unpaired) electrons. The van der Waals surface area contributed by atoms with Crippen molar-refractivity contribution in [1.82, 2.24) is 5.32 Å². The third-order valence-electron chi connectivity index (χ3n) is 4.04. The van der Waals surface area contributed by atoms with Crippen LogP contribution in [0, 0.1) is 6.92 Å². The van der Waals surface area contributed by atoms with Crippen LogP contribution in [0.2, 0.25) is 0 Å². The molecule has 0 saturated carbocycles. The van der Waals surface area contributed by atoms with Crippen molar-refractivity contribution in [3.05, 3.63) is 53.0 Å². The smallest absolute Gasteiger partial charge is 0.224 e. The summed E-state index contributed by atoms with van der Waals surface area (Å²) in [4.78, 5) is 11.6. The Bertz CT molecular complexity index is 661. The Balaban J connectivity index is 1.97. The summed E-state index contributed by atoms with van der Waals surface area (Å²) in [5.74, 6) is 1.05. The van der Waals surface area contributed by atoms with Gasteiger partial charge in [-0.2, -0.15) is 0 Å². The Morgan fingerprint density at radius 2 is 2.14 bits per heavy atom. The van der Waals surface area contributed by atoms with Gasteiger partial charge in [0.25, 0.3) is 0 Å². The van der Waals surface area contributed by atoms with E-state index in [-0.39, 0.29) is 11.9 Å². The summed E-state index contributed by atoms with van der Waals surface area (Å²) < 4.78 is 5.63. The lowest BCUT2D eigenvalue weighted by molar-refractivity contribution is -0.116. The zero-order valence-corrected chi connectivity index (χ0v) is 12.4. The lowest BCUT2D eigenvalue weighted by atomic mass is 9.97. The van der Waals surface area contributed by atoms with E-state index in [0.29, 0.717) is 6.42 Å². The fraction of sp³-hybridized carbons (Fsp3) is 0.353. The largest absolute Gasteiger partial charge is 0.467 e. The van der Waals surface area contributed by atoms with Crippen molar-refractivity contribution >= 4 is 11.6 Å². The maximum absolute atomic E-state index is 11.6. The zero-order valence-electron chi connectivity index (χ0n) is 12.4. The van der Waals surface area contributed by atoms with Crippen LogP contribution < -0.4 is 10.6 Å². The van der Waals surface area contributed by atoms with Crippen molar-refractivity contribution < 1.29 is 9.21 Å². The molecule has 0 bridgehead atoms. The van der Waals surface area contributed by atoms with Gasteiger partial charge in [0.2, 0.25) is 5.91 Å². The molecule has 1 amide bonds. The van der Waals surface area contributed by atoms with E-state index in [1.54, 1.807) is 6.26 Å². The van der Waals surface area contributed by atoms with Crippen LogP contribution in [0.3, 0.4) is 0 Å². The molecule has 1 aliphatic rings. The molecule has 4 nitrogen and oxygen atoms in total. The summed E-state index contributed by atoms with van der Waals surface area (Å²) in [6, 6.07) is 8.22. The molecule has 1 aromatic carbocycles. The molecule has 0 spiro atoms. The fourth-order valence-corrected chi connectivity index (χ4v) is 2.90. The second kappa shape index (κ2) is 5.74. The molecule has 4 heteroatoms. The molecule has 0 aliphatic carbocycles. The number of carbonyl (C=O) groups excluding carboxylic acids is 1. The summed E-state index contributed by atoms with van der Waals surface area (Å²) >= 11 is 0. The number of aryl methyl sites for hydroxylation is 2. The molecule has 21 heavy (non-hydrogen) atoms. The predicted molar refractivity (Wildman–Crippen MR) is 82.4 cm³/mol. The third-order valence-corrected chi connectivity index (χ3v) is 4.04. The maximum Gasteiger partial charge on any atom is 0.224 e. The number of nitrogens with one attached hydrogen (secondary N) is 2. The number of amides is 1. The highest BCUT2D eigenvalue weighted by Crippen LogP contribution is 2.30. The topological polar surface area (TPSA) is 54.3 Å². The third kappa shape index (κ3) is 2.72. The number of hydrogen-bond acceptors (Lipinski definition) is 3. The SMILES string of the molecule is CNC(c1ccc2c(c1)CCCC(=O)N2)c1occc1C. The van der Waals surface area contributed by atoms with Crippen LogP contribution in [0.15, 0.2) is 34.9 Å². The Kier molecular flexibility index (Phi) is 3.80. The van der Waals surface area contributed by atoms with Crippen molar-refractivity contribution in [2.45, 2.75) is 32.2 Å². The molecule has 1 aliphatic heterocycles. The first-order valence-electron chi connectivity index (χ1n) is 7.33. The van der Waals surface area contributed by atoms with Crippen molar-refractivity contribution in [3.8, 4) is 0 Å². The van der Waals surface area contributed by atoms with Gasteiger partial charge in [-0.05, 0) is 55.6 Å². The van der Waals surface area contributed by atoms with Crippen molar-refractivity contribution in [1.29, 1.82) is 0 Å².